The Hall–Kier alpha value is -4.71. The summed E-state index contributed by atoms with van der Waals surface area (Å²) in [7, 11) is 3.48. The van der Waals surface area contributed by atoms with E-state index < -0.39 is 0 Å². The fourth-order valence-corrected chi connectivity index (χ4v) is 5.56. The van der Waals surface area contributed by atoms with E-state index >= 15 is 0 Å². The number of rotatable bonds is 7. The van der Waals surface area contributed by atoms with Crippen LogP contribution < -0.4 is 0 Å². The van der Waals surface area contributed by atoms with Crippen molar-refractivity contribution in [3.63, 3.8) is 0 Å². The highest BCUT2D eigenvalue weighted by molar-refractivity contribution is 5.97. The Morgan fingerprint density at radius 3 is 2.38 bits per heavy atom. The summed E-state index contributed by atoms with van der Waals surface area (Å²) in [6.07, 6.45) is 1.92. The van der Waals surface area contributed by atoms with Gasteiger partial charge in [0.2, 0.25) is 0 Å². The molecule has 0 spiro atoms. The molecule has 6 aromatic rings. The van der Waals surface area contributed by atoms with Gasteiger partial charge >= 0.3 is 5.97 Å². The van der Waals surface area contributed by atoms with Crippen molar-refractivity contribution in [1.29, 1.82) is 0 Å². The molecule has 0 bridgehead atoms. The largest absolute Gasteiger partial charge is 0.465 e. The molecule has 0 fully saturated rings. The second-order valence-electron chi connectivity index (χ2n) is 10.2. The third-order valence-corrected chi connectivity index (χ3v) is 7.58. The number of nitrogens with zero attached hydrogens (tertiary/aromatic N) is 4. The molecule has 0 aliphatic heterocycles. The maximum absolute atomic E-state index is 12.3. The normalized spacial score (nSPS) is 11.4. The van der Waals surface area contributed by atoms with Crippen molar-refractivity contribution >= 4 is 28.0 Å². The Balaban J connectivity index is 1.41. The molecule has 0 amide bonds. The molecule has 0 atom stereocenters. The van der Waals surface area contributed by atoms with Gasteiger partial charge in [0.15, 0.2) is 0 Å². The van der Waals surface area contributed by atoms with Crippen molar-refractivity contribution in [2.24, 2.45) is 7.05 Å². The Bertz CT molecular complexity index is 1860. The van der Waals surface area contributed by atoms with E-state index in [9.17, 15) is 4.79 Å². The first kappa shape index (κ1) is 25.6. The van der Waals surface area contributed by atoms with Gasteiger partial charge in [-0.05, 0) is 65.9 Å². The number of ether oxygens (including phenoxy) is 1. The SMILES string of the molecule is CCCc1nc2c(C)cc(-c3nc4ccccc4n3C)cc2n1Cc1ccc(-c2ccccc2C(=O)OC)cc1. The Morgan fingerprint density at radius 1 is 0.875 bits per heavy atom. The third kappa shape index (κ3) is 4.45. The van der Waals surface area contributed by atoms with Gasteiger partial charge in [-0.1, -0.05) is 61.5 Å². The predicted octanol–water partition coefficient (Wildman–Crippen LogP) is 7.35. The predicted molar refractivity (Wildman–Crippen MR) is 160 cm³/mol. The minimum absolute atomic E-state index is 0.333. The summed E-state index contributed by atoms with van der Waals surface area (Å²) < 4.78 is 9.49. The van der Waals surface area contributed by atoms with Crippen molar-refractivity contribution in [1.82, 2.24) is 19.1 Å². The lowest BCUT2D eigenvalue weighted by Crippen LogP contribution is -2.06. The fourth-order valence-electron chi connectivity index (χ4n) is 5.56. The van der Waals surface area contributed by atoms with Crippen LogP contribution in [0.15, 0.2) is 84.9 Å². The van der Waals surface area contributed by atoms with Crippen molar-refractivity contribution in [3.05, 3.63) is 107 Å². The number of fused-ring (bicyclic) bond motifs is 2. The number of carbonyl (C=O) groups excluding carboxylic acids is 1. The lowest BCUT2D eigenvalue weighted by Gasteiger charge is -2.12. The van der Waals surface area contributed by atoms with Crippen molar-refractivity contribution in [2.75, 3.05) is 7.11 Å². The molecular weight excluding hydrogens is 496 g/mol. The average molecular weight is 529 g/mol. The summed E-state index contributed by atoms with van der Waals surface area (Å²) in [4.78, 5) is 22.3. The van der Waals surface area contributed by atoms with Gasteiger partial charge in [0.25, 0.3) is 0 Å². The smallest absolute Gasteiger partial charge is 0.338 e. The Morgan fingerprint density at radius 2 is 1.62 bits per heavy atom. The van der Waals surface area contributed by atoms with Gasteiger partial charge in [-0.25, -0.2) is 14.8 Å². The van der Waals surface area contributed by atoms with Crippen molar-refractivity contribution < 1.29 is 9.53 Å². The maximum Gasteiger partial charge on any atom is 0.338 e. The monoisotopic (exact) mass is 528 g/mol. The molecule has 200 valence electrons. The third-order valence-electron chi connectivity index (χ3n) is 7.58. The van der Waals surface area contributed by atoms with Gasteiger partial charge in [-0.3, -0.25) is 0 Å². The highest BCUT2D eigenvalue weighted by atomic mass is 16.5. The number of para-hydroxylation sites is 2. The lowest BCUT2D eigenvalue weighted by molar-refractivity contribution is 0.0601. The summed E-state index contributed by atoms with van der Waals surface area (Å²) >= 11 is 0. The minimum Gasteiger partial charge on any atom is -0.465 e. The van der Waals surface area contributed by atoms with Gasteiger partial charge in [-0.15, -0.1) is 0 Å². The van der Waals surface area contributed by atoms with Gasteiger partial charge in [-0.2, -0.15) is 0 Å². The zero-order chi connectivity index (χ0) is 27.8. The molecule has 4 aromatic carbocycles. The number of benzene rings is 4. The van der Waals surface area contributed by atoms with E-state index in [4.69, 9.17) is 14.7 Å². The molecule has 2 heterocycles. The van der Waals surface area contributed by atoms with Gasteiger partial charge in [0.05, 0.1) is 34.7 Å². The molecule has 0 saturated heterocycles. The number of imidazole rings is 2. The first-order chi connectivity index (χ1) is 19.5. The second-order valence-corrected chi connectivity index (χ2v) is 10.2. The number of esters is 1. The molecule has 6 nitrogen and oxygen atoms in total. The summed E-state index contributed by atoms with van der Waals surface area (Å²) in [6.45, 7) is 5.03. The minimum atomic E-state index is -0.333. The van der Waals surface area contributed by atoms with Crippen molar-refractivity contribution in [2.45, 2.75) is 33.2 Å². The quantitative estimate of drug-likeness (QED) is 0.203. The highest BCUT2D eigenvalue weighted by Gasteiger charge is 2.18. The van der Waals surface area contributed by atoms with Crippen LogP contribution in [-0.2, 0) is 24.8 Å². The Kier molecular flexibility index (Phi) is 6.68. The van der Waals surface area contributed by atoms with Gasteiger partial charge < -0.3 is 13.9 Å². The number of methoxy groups -OCH3 is 1. The van der Waals surface area contributed by atoms with Crippen LogP contribution in [0.4, 0.5) is 0 Å². The van der Waals surface area contributed by atoms with E-state index in [-0.39, 0.29) is 5.97 Å². The number of hydrogen-bond acceptors (Lipinski definition) is 4. The molecule has 0 aliphatic rings. The summed E-state index contributed by atoms with van der Waals surface area (Å²) in [5.74, 6) is 1.70. The average Bonchev–Trinajstić information content (AvgIpc) is 3.50. The number of hydrogen-bond donors (Lipinski definition) is 0. The molecular formula is C34H32N4O2. The topological polar surface area (TPSA) is 61.9 Å². The maximum atomic E-state index is 12.3. The standard InChI is InChI=1S/C34H32N4O2/c1-5-10-31-36-32-22(2)19-25(33-35-28-13-8-9-14-29(28)37(33)3)20-30(32)38(31)21-23-15-17-24(18-16-23)26-11-6-7-12-27(26)34(39)40-4/h6-9,11-20H,5,10,21H2,1-4H3. The summed E-state index contributed by atoms with van der Waals surface area (Å²) in [6, 6.07) is 28.6. The van der Waals surface area contributed by atoms with E-state index in [2.05, 4.69) is 78.6 Å². The molecule has 0 radical (unpaired) electrons. The van der Waals surface area contributed by atoms with Gasteiger partial charge in [0.1, 0.15) is 11.6 Å². The highest BCUT2D eigenvalue weighted by Crippen LogP contribution is 2.31. The van der Waals surface area contributed by atoms with Crippen LogP contribution in [0.2, 0.25) is 0 Å². The Labute approximate surface area is 233 Å². The molecule has 6 heteroatoms. The first-order valence-electron chi connectivity index (χ1n) is 13.7. The summed E-state index contributed by atoms with van der Waals surface area (Å²) in [5, 5.41) is 0. The van der Waals surface area contributed by atoms with E-state index in [1.807, 2.05) is 30.3 Å². The zero-order valence-corrected chi connectivity index (χ0v) is 23.3. The van der Waals surface area contributed by atoms with E-state index in [1.54, 1.807) is 6.07 Å². The number of aryl methyl sites for hydroxylation is 3. The number of aromatic nitrogens is 4. The van der Waals surface area contributed by atoms with Crippen LogP contribution in [0.5, 0.6) is 0 Å². The van der Waals surface area contributed by atoms with E-state index in [0.29, 0.717) is 12.1 Å². The van der Waals surface area contributed by atoms with Crippen LogP contribution in [-0.4, -0.2) is 32.2 Å². The van der Waals surface area contributed by atoms with E-state index in [0.717, 1.165) is 68.8 Å². The van der Waals surface area contributed by atoms with E-state index in [1.165, 1.54) is 12.7 Å². The molecule has 0 N–H and O–H groups in total. The van der Waals surface area contributed by atoms with Crippen molar-refractivity contribution in [3.8, 4) is 22.5 Å². The molecule has 40 heavy (non-hydrogen) atoms. The molecule has 0 saturated carbocycles. The molecule has 0 unspecified atom stereocenters. The van der Waals surface area contributed by atoms with Crippen LogP contribution in [0.25, 0.3) is 44.6 Å². The second kappa shape index (κ2) is 10.5. The van der Waals surface area contributed by atoms with Crippen LogP contribution in [0.1, 0.15) is 40.7 Å². The number of carbonyl (C=O) groups is 1. The van der Waals surface area contributed by atoms with Crippen LogP contribution in [0, 0.1) is 6.92 Å². The first-order valence-corrected chi connectivity index (χ1v) is 13.7. The lowest BCUT2D eigenvalue weighted by atomic mass is 9.98. The fraction of sp³-hybridized carbons (Fsp3) is 0.206. The van der Waals surface area contributed by atoms with Crippen LogP contribution >= 0.6 is 0 Å². The molecule has 2 aromatic heterocycles. The zero-order valence-electron chi connectivity index (χ0n) is 23.3. The van der Waals surface area contributed by atoms with Crippen LogP contribution in [0.3, 0.4) is 0 Å². The molecule has 0 aliphatic carbocycles. The molecule has 6 rings (SSSR count). The summed E-state index contributed by atoms with van der Waals surface area (Å²) in [5.41, 5.74) is 10.1. The van der Waals surface area contributed by atoms with Gasteiger partial charge in [0, 0.05) is 25.6 Å².